The normalized spacial score (nSPS) is 16.9. The molecule has 0 saturated carbocycles. The van der Waals surface area contributed by atoms with Crippen LogP contribution in [0.5, 0.6) is 0 Å². The summed E-state index contributed by atoms with van der Waals surface area (Å²) in [6.45, 7) is 8.01. The Balaban J connectivity index is 1.44. The van der Waals surface area contributed by atoms with Gasteiger partial charge in [0.25, 0.3) is 0 Å². The fourth-order valence-electron chi connectivity index (χ4n) is 4.74. The van der Waals surface area contributed by atoms with Gasteiger partial charge in [-0.3, -0.25) is 9.59 Å². The smallest absolute Gasteiger partial charge is 0.241 e. The first kappa shape index (κ1) is 26.1. The van der Waals surface area contributed by atoms with Crippen LogP contribution in [0.15, 0.2) is 47.4 Å². The van der Waals surface area contributed by atoms with Crippen LogP contribution in [0.25, 0.3) is 0 Å². The zero-order chi connectivity index (χ0) is 26.0. The molecule has 2 aromatic carbocycles. The van der Waals surface area contributed by atoms with Gasteiger partial charge >= 0.3 is 0 Å². The topological polar surface area (TPSA) is 90.0 Å². The van der Waals surface area contributed by atoms with Crippen LogP contribution < -0.4 is 14.5 Å². The van der Waals surface area contributed by atoms with Gasteiger partial charge < -0.3 is 14.7 Å². The van der Waals surface area contributed by atoms with Gasteiger partial charge in [0.15, 0.2) is 0 Å². The quantitative estimate of drug-likeness (QED) is 0.611. The van der Waals surface area contributed by atoms with Crippen molar-refractivity contribution in [3.05, 3.63) is 53.8 Å². The van der Waals surface area contributed by atoms with Crippen molar-refractivity contribution in [3.8, 4) is 0 Å². The van der Waals surface area contributed by atoms with Crippen molar-refractivity contribution in [2.24, 2.45) is 5.92 Å². The fourth-order valence-corrected chi connectivity index (χ4v) is 6.12. The Morgan fingerprint density at radius 3 is 2.28 bits per heavy atom. The number of anilines is 2. The van der Waals surface area contributed by atoms with Crippen LogP contribution in [-0.2, 0) is 26.0 Å². The number of hydrogen-bond acceptors (Lipinski definition) is 5. The predicted octanol–water partition coefficient (Wildman–Crippen LogP) is 2.78. The third kappa shape index (κ3) is 5.39. The molecule has 0 unspecified atom stereocenters. The molecule has 2 amide bonds. The van der Waals surface area contributed by atoms with Crippen LogP contribution in [0.2, 0.25) is 0 Å². The summed E-state index contributed by atoms with van der Waals surface area (Å²) < 4.78 is 42.4. The number of amides is 2. The first-order valence-electron chi connectivity index (χ1n) is 12.4. The molecule has 2 aromatic rings. The maximum atomic E-state index is 13.4. The van der Waals surface area contributed by atoms with E-state index < -0.39 is 16.1 Å². The van der Waals surface area contributed by atoms with Crippen molar-refractivity contribution in [2.75, 3.05) is 42.5 Å². The van der Waals surface area contributed by atoms with Crippen LogP contribution in [0.1, 0.15) is 32.8 Å². The minimum absolute atomic E-state index is 0.00692. The van der Waals surface area contributed by atoms with Gasteiger partial charge in [0.05, 0.1) is 4.90 Å². The predicted molar refractivity (Wildman–Crippen MR) is 137 cm³/mol. The second-order valence-electron chi connectivity index (χ2n) is 9.57. The van der Waals surface area contributed by atoms with E-state index in [2.05, 4.69) is 9.62 Å². The third-order valence-electron chi connectivity index (χ3n) is 6.86. The first-order valence-corrected chi connectivity index (χ1v) is 13.8. The van der Waals surface area contributed by atoms with Gasteiger partial charge in [-0.05, 0) is 60.4 Å². The molecule has 10 heteroatoms. The molecule has 1 saturated heterocycles. The van der Waals surface area contributed by atoms with Gasteiger partial charge in [-0.15, -0.1) is 0 Å². The maximum absolute atomic E-state index is 13.4. The van der Waals surface area contributed by atoms with Crippen molar-refractivity contribution < 1.29 is 22.4 Å². The summed E-state index contributed by atoms with van der Waals surface area (Å²) in [4.78, 5) is 31.1. The maximum Gasteiger partial charge on any atom is 0.241 e. The van der Waals surface area contributed by atoms with E-state index in [0.717, 1.165) is 16.9 Å². The van der Waals surface area contributed by atoms with E-state index >= 15 is 0 Å². The minimum Gasteiger partial charge on any atom is -0.368 e. The zero-order valence-corrected chi connectivity index (χ0v) is 21.7. The van der Waals surface area contributed by atoms with E-state index in [1.54, 1.807) is 41.0 Å². The molecule has 194 valence electrons. The monoisotopic (exact) mass is 516 g/mol. The molecule has 0 aromatic heterocycles. The number of nitrogens with one attached hydrogen (secondary N) is 1. The highest BCUT2D eigenvalue weighted by Gasteiger charge is 2.34. The van der Waals surface area contributed by atoms with Crippen LogP contribution in [-0.4, -0.2) is 63.9 Å². The van der Waals surface area contributed by atoms with Gasteiger partial charge in [-0.1, -0.05) is 20.8 Å². The Hall–Kier alpha value is -2.98. The van der Waals surface area contributed by atoms with E-state index in [1.807, 2.05) is 13.8 Å². The molecule has 1 fully saturated rings. The van der Waals surface area contributed by atoms with E-state index in [0.29, 0.717) is 45.6 Å². The van der Waals surface area contributed by atoms with Gasteiger partial charge in [0.2, 0.25) is 21.8 Å². The van der Waals surface area contributed by atoms with E-state index in [-0.39, 0.29) is 28.4 Å². The van der Waals surface area contributed by atoms with Crippen LogP contribution in [0.3, 0.4) is 0 Å². The van der Waals surface area contributed by atoms with Gasteiger partial charge in [0, 0.05) is 50.5 Å². The summed E-state index contributed by atoms with van der Waals surface area (Å²) in [5, 5.41) is 0. The van der Waals surface area contributed by atoms with E-state index in [1.165, 1.54) is 18.2 Å². The highest BCUT2D eigenvalue weighted by molar-refractivity contribution is 7.89. The minimum atomic E-state index is -3.96. The lowest BCUT2D eigenvalue weighted by Gasteiger charge is -2.38. The van der Waals surface area contributed by atoms with Crippen molar-refractivity contribution in [2.45, 2.75) is 44.6 Å². The first-order chi connectivity index (χ1) is 17.1. The van der Waals surface area contributed by atoms with Crippen molar-refractivity contribution >= 4 is 33.2 Å². The highest BCUT2D eigenvalue weighted by atomic mass is 32.2. The molecule has 0 bridgehead atoms. The number of sulfonamides is 1. The Morgan fingerprint density at radius 2 is 1.67 bits per heavy atom. The number of piperazine rings is 1. The SMILES string of the molecule is CCC(=O)N1CCc2cc(S(=O)(=O)N[C@H](C(=O)N3CCN(c4ccc(F)cc4)CC3)C(C)C)ccc21. The zero-order valence-electron chi connectivity index (χ0n) is 20.9. The molecular weight excluding hydrogens is 483 g/mol. The number of nitrogens with zero attached hydrogens (tertiary/aromatic N) is 3. The van der Waals surface area contributed by atoms with E-state index in [4.69, 9.17) is 0 Å². The van der Waals surface area contributed by atoms with Gasteiger partial charge in [-0.2, -0.15) is 4.72 Å². The number of halogens is 1. The Labute approximate surface area is 212 Å². The fraction of sp³-hybridized carbons (Fsp3) is 0.462. The van der Waals surface area contributed by atoms with Crippen LogP contribution in [0.4, 0.5) is 15.8 Å². The van der Waals surface area contributed by atoms with Crippen LogP contribution in [0, 0.1) is 11.7 Å². The average molecular weight is 517 g/mol. The molecule has 0 radical (unpaired) electrons. The average Bonchev–Trinajstić information content (AvgIpc) is 3.30. The summed E-state index contributed by atoms with van der Waals surface area (Å²) in [6, 6.07) is 10.1. The summed E-state index contributed by atoms with van der Waals surface area (Å²) >= 11 is 0. The standard InChI is InChI=1S/C26H33FN4O4S/c1-4-24(32)31-12-11-19-17-22(9-10-23(19)31)36(34,35)28-25(18(2)3)26(33)30-15-13-29(14-16-30)21-7-5-20(27)6-8-21/h5-10,17-18,25,28H,4,11-16H2,1-3H3/t25-/m0/s1. The van der Waals surface area contributed by atoms with E-state index in [9.17, 15) is 22.4 Å². The largest absolute Gasteiger partial charge is 0.368 e. The lowest BCUT2D eigenvalue weighted by molar-refractivity contribution is -0.134. The molecule has 0 aliphatic carbocycles. The molecule has 2 aliphatic heterocycles. The summed E-state index contributed by atoms with van der Waals surface area (Å²) in [5.74, 6) is -0.801. The highest BCUT2D eigenvalue weighted by Crippen LogP contribution is 2.31. The molecule has 2 heterocycles. The molecule has 1 N–H and O–H groups in total. The number of fused-ring (bicyclic) bond motifs is 1. The van der Waals surface area contributed by atoms with Crippen molar-refractivity contribution in [1.29, 1.82) is 0 Å². The molecule has 36 heavy (non-hydrogen) atoms. The number of carbonyl (C=O) groups excluding carboxylic acids is 2. The molecule has 1 atom stereocenters. The molecular formula is C26H33FN4O4S. The number of rotatable bonds is 7. The van der Waals surface area contributed by atoms with Crippen molar-refractivity contribution in [1.82, 2.24) is 9.62 Å². The van der Waals surface area contributed by atoms with Gasteiger partial charge in [0.1, 0.15) is 11.9 Å². The molecule has 8 nitrogen and oxygen atoms in total. The number of benzene rings is 2. The molecule has 0 spiro atoms. The number of carbonyl (C=O) groups is 2. The summed E-state index contributed by atoms with van der Waals surface area (Å²) in [7, 11) is -3.96. The molecule has 2 aliphatic rings. The Morgan fingerprint density at radius 1 is 1.00 bits per heavy atom. The summed E-state index contributed by atoms with van der Waals surface area (Å²) in [5.41, 5.74) is 2.45. The van der Waals surface area contributed by atoms with Crippen molar-refractivity contribution in [3.63, 3.8) is 0 Å². The summed E-state index contributed by atoms with van der Waals surface area (Å²) in [6.07, 6.45) is 0.979. The lowest BCUT2D eigenvalue weighted by atomic mass is 10.0. The Kier molecular flexibility index (Phi) is 7.65. The number of hydrogen-bond donors (Lipinski definition) is 1. The second kappa shape index (κ2) is 10.6. The molecule has 4 rings (SSSR count). The lowest BCUT2D eigenvalue weighted by Crippen LogP contribution is -2.56. The Bertz CT molecular complexity index is 1230. The second-order valence-corrected chi connectivity index (χ2v) is 11.3. The van der Waals surface area contributed by atoms with Gasteiger partial charge in [-0.25, -0.2) is 12.8 Å². The van der Waals surface area contributed by atoms with Crippen LogP contribution >= 0.6 is 0 Å². The third-order valence-corrected chi connectivity index (χ3v) is 8.30.